The summed E-state index contributed by atoms with van der Waals surface area (Å²) in [6.07, 6.45) is 6.72. The number of nitrogens with zero attached hydrogens (tertiary/aromatic N) is 2. The van der Waals surface area contributed by atoms with Gasteiger partial charge in [-0.3, -0.25) is 9.69 Å². The van der Waals surface area contributed by atoms with Crippen molar-refractivity contribution < 1.29 is 14.3 Å². The molecule has 0 unspecified atom stereocenters. The SMILES string of the molecule is C#CCN(CC(=O)O)Cc1coc(-c2ccc(Cl)cc2)n1. The summed E-state index contributed by atoms with van der Waals surface area (Å²) in [5.41, 5.74) is 1.42. The Bertz CT molecular complexity index is 658. The zero-order valence-corrected chi connectivity index (χ0v) is 11.9. The topological polar surface area (TPSA) is 66.6 Å². The molecule has 1 N–H and O–H groups in total. The average molecular weight is 305 g/mol. The van der Waals surface area contributed by atoms with Crippen LogP contribution in [0.5, 0.6) is 0 Å². The van der Waals surface area contributed by atoms with Crippen molar-refractivity contribution in [3.63, 3.8) is 0 Å². The molecule has 1 aromatic carbocycles. The van der Waals surface area contributed by atoms with Gasteiger partial charge in [-0.15, -0.1) is 6.42 Å². The van der Waals surface area contributed by atoms with Crippen molar-refractivity contribution >= 4 is 17.6 Å². The number of carboxylic acids is 1. The monoisotopic (exact) mass is 304 g/mol. The Balaban J connectivity index is 2.10. The van der Waals surface area contributed by atoms with Crippen LogP contribution in [-0.4, -0.2) is 34.0 Å². The number of carbonyl (C=O) groups is 1. The van der Waals surface area contributed by atoms with Gasteiger partial charge in [-0.05, 0) is 24.3 Å². The van der Waals surface area contributed by atoms with Gasteiger partial charge in [0.1, 0.15) is 6.26 Å². The van der Waals surface area contributed by atoms with E-state index in [0.717, 1.165) is 5.56 Å². The molecule has 0 spiro atoms. The van der Waals surface area contributed by atoms with Crippen molar-refractivity contribution in [3.05, 3.63) is 41.2 Å². The van der Waals surface area contributed by atoms with E-state index in [-0.39, 0.29) is 13.1 Å². The summed E-state index contributed by atoms with van der Waals surface area (Å²) in [6.45, 7) is 0.399. The first-order valence-electron chi connectivity index (χ1n) is 6.16. The number of carboxylic acid groups (broad SMARTS) is 1. The summed E-state index contributed by atoms with van der Waals surface area (Å²) in [6, 6.07) is 7.09. The van der Waals surface area contributed by atoms with Gasteiger partial charge in [0, 0.05) is 17.1 Å². The van der Waals surface area contributed by atoms with Crippen LogP contribution in [0.3, 0.4) is 0 Å². The van der Waals surface area contributed by atoms with Crippen molar-refractivity contribution in [3.8, 4) is 23.8 Å². The molecule has 0 radical (unpaired) electrons. The molecule has 0 fully saturated rings. The third kappa shape index (κ3) is 4.35. The van der Waals surface area contributed by atoms with Gasteiger partial charge in [-0.1, -0.05) is 17.5 Å². The summed E-state index contributed by atoms with van der Waals surface area (Å²) in [7, 11) is 0. The number of rotatable bonds is 6. The van der Waals surface area contributed by atoms with E-state index in [9.17, 15) is 4.79 Å². The molecule has 5 nitrogen and oxygen atoms in total. The number of aromatic nitrogens is 1. The highest BCUT2D eigenvalue weighted by molar-refractivity contribution is 6.30. The number of oxazole rings is 1. The second kappa shape index (κ2) is 6.93. The zero-order chi connectivity index (χ0) is 15.2. The van der Waals surface area contributed by atoms with Gasteiger partial charge >= 0.3 is 5.97 Å². The van der Waals surface area contributed by atoms with E-state index < -0.39 is 5.97 Å². The molecule has 0 aliphatic rings. The quantitative estimate of drug-likeness (QED) is 0.831. The number of aliphatic carboxylic acids is 1. The molecule has 0 bridgehead atoms. The molecule has 21 heavy (non-hydrogen) atoms. The maximum absolute atomic E-state index is 10.8. The Hall–Kier alpha value is -2.29. The minimum atomic E-state index is -0.938. The van der Waals surface area contributed by atoms with Crippen LogP contribution >= 0.6 is 11.6 Å². The van der Waals surface area contributed by atoms with Crippen LogP contribution in [0.15, 0.2) is 34.9 Å². The van der Waals surface area contributed by atoms with Crippen molar-refractivity contribution in [1.82, 2.24) is 9.88 Å². The fourth-order valence-electron chi connectivity index (χ4n) is 1.82. The van der Waals surface area contributed by atoms with Gasteiger partial charge in [-0.25, -0.2) is 4.98 Å². The van der Waals surface area contributed by atoms with Gasteiger partial charge in [0.2, 0.25) is 5.89 Å². The molecule has 0 atom stereocenters. The van der Waals surface area contributed by atoms with Crippen LogP contribution < -0.4 is 0 Å². The summed E-state index contributed by atoms with van der Waals surface area (Å²) >= 11 is 5.82. The maximum atomic E-state index is 10.8. The standard InChI is InChI=1S/C15H13ClN2O3/c1-2-7-18(9-14(19)20)8-13-10-21-15(17-13)11-3-5-12(16)6-4-11/h1,3-6,10H,7-9H2,(H,19,20). The zero-order valence-electron chi connectivity index (χ0n) is 11.1. The molecule has 108 valence electrons. The summed E-state index contributed by atoms with van der Waals surface area (Å²) in [5.74, 6) is 1.95. The van der Waals surface area contributed by atoms with Crippen LogP contribution in [0.1, 0.15) is 5.69 Å². The predicted octanol–water partition coefficient (Wildman–Crippen LogP) is 2.51. The molecular weight excluding hydrogens is 292 g/mol. The summed E-state index contributed by atoms with van der Waals surface area (Å²) in [5, 5.41) is 9.46. The Morgan fingerprint density at radius 1 is 1.43 bits per heavy atom. The summed E-state index contributed by atoms with van der Waals surface area (Å²) in [4.78, 5) is 16.7. The minimum Gasteiger partial charge on any atom is -0.480 e. The lowest BCUT2D eigenvalue weighted by molar-refractivity contribution is -0.138. The van der Waals surface area contributed by atoms with Crippen molar-refractivity contribution in [1.29, 1.82) is 0 Å². The first-order valence-corrected chi connectivity index (χ1v) is 6.54. The molecule has 0 saturated heterocycles. The number of hydrogen-bond donors (Lipinski definition) is 1. The second-order valence-electron chi connectivity index (χ2n) is 4.39. The van der Waals surface area contributed by atoms with E-state index in [2.05, 4.69) is 10.9 Å². The number of hydrogen-bond acceptors (Lipinski definition) is 4. The lowest BCUT2D eigenvalue weighted by Gasteiger charge is -2.14. The van der Waals surface area contributed by atoms with Gasteiger partial charge in [0.25, 0.3) is 0 Å². The summed E-state index contributed by atoms with van der Waals surface area (Å²) < 4.78 is 5.39. The lowest BCUT2D eigenvalue weighted by Crippen LogP contribution is -2.29. The predicted molar refractivity (Wildman–Crippen MR) is 78.7 cm³/mol. The smallest absolute Gasteiger partial charge is 0.317 e. The Labute approximate surface area is 127 Å². The second-order valence-corrected chi connectivity index (χ2v) is 4.83. The van der Waals surface area contributed by atoms with E-state index in [0.29, 0.717) is 23.2 Å². The number of terminal acetylenes is 1. The van der Waals surface area contributed by atoms with Crippen LogP contribution in [-0.2, 0) is 11.3 Å². The Morgan fingerprint density at radius 2 is 2.14 bits per heavy atom. The third-order valence-electron chi connectivity index (χ3n) is 2.70. The molecule has 0 aliphatic heterocycles. The van der Waals surface area contributed by atoms with Gasteiger partial charge in [0.15, 0.2) is 0 Å². The molecule has 2 aromatic rings. The van der Waals surface area contributed by atoms with Crippen LogP contribution in [0.2, 0.25) is 5.02 Å². The van der Waals surface area contributed by atoms with Gasteiger partial charge < -0.3 is 9.52 Å². The van der Waals surface area contributed by atoms with E-state index in [1.807, 2.05) is 0 Å². The molecule has 1 heterocycles. The lowest BCUT2D eigenvalue weighted by atomic mass is 10.2. The molecule has 0 saturated carbocycles. The van der Waals surface area contributed by atoms with Crippen molar-refractivity contribution in [2.75, 3.05) is 13.1 Å². The van der Waals surface area contributed by atoms with Crippen molar-refractivity contribution in [2.24, 2.45) is 0 Å². The molecule has 0 aliphatic carbocycles. The van der Waals surface area contributed by atoms with Crippen LogP contribution in [0.25, 0.3) is 11.5 Å². The van der Waals surface area contributed by atoms with Crippen LogP contribution in [0.4, 0.5) is 0 Å². The fourth-order valence-corrected chi connectivity index (χ4v) is 1.95. The number of halogens is 1. The molecule has 6 heteroatoms. The molecular formula is C15H13ClN2O3. The van der Waals surface area contributed by atoms with Crippen LogP contribution in [0, 0.1) is 12.3 Å². The first-order chi connectivity index (χ1) is 10.1. The van der Waals surface area contributed by atoms with Gasteiger partial charge in [-0.2, -0.15) is 0 Å². The largest absolute Gasteiger partial charge is 0.480 e. The fraction of sp³-hybridized carbons (Fsp3) is 0.200. The van der Waals surface area contributed by atoms with Gasteiger partial charge in [0.05, 0.1) is 18.8 Å². The first kappa shape index (κ1) is 15.1. The molecule has 2 rings (SSSR count). The molecule has 0 amide bonds. The highest BCUT2D eigenvalue weighted by atomic mass is 35.5. The third-order valence-corrected chi connectivity index (χ3v) is 2.95. The maximum Gasteiger partial charge on any atom is 0.317 e. The van der Waals surface area contributed by atoms with E-state index in [4.69, 9.17) is 27.5 Å². The normalized spacial score (nSPS) is 10.5. The van der Waals surface area contributed by atoms with Crippen molar-refractivity contribution in [2.45, 2.75) is 6.54 Å². The van der Waals surface area contributed by atoms with E-state index in [1.54, 1.807) is 29.2 Å². The van der Waals surface area contributed by atoms with E-state index >= 15 is 0 Å². The molecule has 1 aromatic heterocycles. The number of benzene rings is 1. The van der Waals surface area contributed by atoms with E-state index in [1.165, 1.54) is 6.26 Å². The Morgan fingerprint density at radius 3 is 2.76 bits per heavy atom. The highest BCUT2D eigenvalue weighted by Gasteiger charge is 2.13. The average Bonchev–Trinajstić information content (AvgIpc) is 2.87. The Kier molecular flexibility index (Phi) is 4.99. The minimum absolute atomic E-state index is 0.145. The highest BCUT2D eigenvalue weighted by Crippen LogP contribution is 2.21.